The van der Waals surface area contributed by atoms with Gasteiger partial charge in [0.2, 0.25) is 5.91 Å². The molecule has 3 saturated heterocycles. The van der Waals surface area contributed by atoms with E-state index < -0.39 is 132 Å². The molecule has 0 unspecified atom stereocenters. The van der Waals surface area contributed by atoms with Crippen LogP contribution in [0.2, 0.25) is 0 Å². The summed E-state index contributed by atoms with van der Waals surface area (Å²) >= 11 is 0. The van der Waals surface area contributed by atoms with E-state index in [0.717, 1.165) is 6.92 Å². The Morgan fingerprint density at radius 3 is 1.98 bits per heavy atom. The Labute approximate surface area is 378 Å². The standard InChI is InChI=1S/C45H76N2O17/c1-18-33(58-28(8)48)45(14,54)38(60-30(10)50)26(6)46-40(52)25(5)35(62-34-21-43(12,55-17)39(27(7)57-34)61-31(11)51)24(4)37(44(13)20-22(2)41(53)64-44)63-42-36(59-29(9)49)32(47(15)16)19-23(3)56-42/h22-27,32-39,42,54H,18-21H2,1-17H3,(H,46,52)/t22-,23-,24+,25-,26-,27+,32+,33-,34+,35+,36-,37-,38-,39+,42+,43-,44+,45-/m1/s1. The predicted octanol–water partition coefficient (Wildman–Crippen LogP) is 3.37. The molecule has 64 heavy (non-hydrogen) atoms. The highest BCUT2D eigenvalue weighted by molar-refractivity contribution is 5.79. The maximum absolute atomic E-state index is 14.7. The summed E-state index contributed by atoms with van der Waals surface area (Å²) in [4.78, 5) is 79.1. The van der Waals surface area contributed by atoms with Crippen molar-refractivity contribution in [2.24, 2.45) is 17.8 Å². The van der Waals surface area contributed by atoms with Gasteiger partial charge in [0.25, 0.3) is 0 Å². The van der Waals surface area contributed by atoms with Crippen molar-refractivity contribution < 1.29 is 81.2 Å². The average molecular weight is 917 g/mol. The van der Waals surface area contributed by atoms with Crippen molar-refractivity contribution >= 4 is 35.8 Å². The molecule has 0 aliphatic carbocycles. The van der Waals surface area contributed by atoms with Gasteiger partial charge in [0.15, 0.2) is 30.9 Å². The number of amides is 1. The zero-order chi connectivity index (χ0) is 48.8. The minimum absolute atomic E-state index is 0.0444. The van der Waals surface area contributed by atoms with Crippen LogP contribution in [-0.4, -0.2) is 157 Å². The highest BCUT2D eigenvalue weighted by Crippen LogP contribution is 2.44. The van der Waals surface area contributed by atoms with Crippen LogP contribution in [0.1, 0.15) is 123 Å². The van der Waals surface area contributed by atoms with Crippen LogP contribution in [0.4, 0.5) is 0 Å². The molecule has 0 aromatic carbocycles. The minimum atomic E-state index is -1.96. The number of methoxy groups -OCH3 is 1. The lowest BCUT2D eigenvalue weighted by molar-refractivity contribution is -0.317. The van der Waals surface area contributed by atoms with Crippen molar-refractivity contribution in [3.8, 4) is 0 Å². The van der Waals surface area contributed by atoms with Crippen LogP contribution in [0, 0.1) is 17.8 Å². The van der Waals surface area contributed by atoms with Crippen LogP contribution in [0.25, 0.3) is 0 Å². The smallest absolute Gasteiger partial charge is 0.309 e. The molecule has 0 spiro atoms. The lowest BCUT2D eigenvalue weighted by Crippen LogP contribution is -2.62. The Bertz CT molecular complexity index is 1640. The molecule has 1 amide bonds. The maximum atomic E-state index is 14.7. The molecular formula is C45H76N2O17. The molecule has 3 aliphatic rings. The Hall–Kier alpha value is -3.46. The van der Waals surface area contributed by atoms with Gasteiger partial charge >= 0.3 is 29.8 Å². The number of nitrogens with zero attached hydrogens (tertiary/aromatic N) is 1. The van der Waals surface area contributed by atoms with Crippen molar-refractivity contribution in [3.63, 3.8) is 0 Å². The van der Waals surface area contributed by atoms with Gasteiger partial charge in [-0.05, 0) is 68.5 Å². The van der Waals surface area contributed by atoms with Gasteiger partial charge in [-0.2, -0.15) is 0 Å². The minimum Gasteiger partial charge on any atom is -0.459 e. The lowest BCUT2D eigenvalue weighted by atomic mass is 9.78. The molecule has 19 nitrogen and oxygen atoms in total. The molecular weight excluding hydrogens is 840 g/mol. The number of carbonyl (C=O) groups excluding carboxylic acids is 6. The third-order valence-electron chi connectivity index (χ3n) is 12.8. The van der Waals surface area contributed by atoms with Crippen LogP contribution in [-0.2, 0) is 76.1 Å². The molecule has 18 atom stereocenters. The van der Waals surface area contributed by atoms with Gasteiger partial charge in [0.1, 0.15) is 29.0 Å². The molecule has 0 aromatic rings. The summed E-state index contributed by atoms with van der Waals surface area (Å²) in [6.45, 7) is 21.7. The zero-order valence-corrected chi connectivity index (χ0v) is 40.9. The Kier molecular flexibility index (Phi) is 19.2. The second-order valence-corrected chi connectivity index (χ2v) is 18.9. The number of aliphatic hydroxyl groups is 1. The third-order valence-corrected chi connectivity index (χ3v) is 12.8. The predicted molar refractivity (Wildman–Crippen MR) is 228 cm³/mol. The van der Waals surface area contributed by atoms with Crippen molar-refractivity contribution in [1.29, 1.82) is 0 Å². The largest absolute Gasteiger partial charge is 0.459 e. The van der Waals surface area contributed by atoms with E-state index in [9.17, 15) is 33.9 Å². The van der Waals surface area contributed by atoms with E-state index in [4.69, 9.17) is 47.4 Å². The van der Waals surface area contributed by atoms with E-state index in [1.807, 2.05) is 25.9 Å². The zero-order valence-electron chi connectivity index (χ0n) is 40.9. The van der Waals surface area contributed by atoms with Gasteiger partial charge in [-0.3, -0.25) is 28.8 Å². The number of likely N-dealkylation sites (N-methyl/N-ethyl adjacent to an activating group) is 1. The lowest BCUT2D eigenvalue weighted by Gasteiger charge is -2.49. The first-order valence-corrected chi connectivity index (χ1v) is 22.3. The fourth-order valence-corrected chi connectivity index (χ4v) is 9.68. The van der Waals surface area contributed by atoms with E-state index in [0.29, 0.717) is 6.42 Å². The topological polar surface area (TPSA) is 230 Å². The Morgan fingerprint density at radius 2 is 1.50 bits per heavy atom. The van der Waals surface area contributed by atoms with Crippen molar-refractivity contribution in [2.75, 3.05) is 21.2 Å². The highest BCUT2D eigenvalue weighted by Gasteiger charge is 2.56. The quantitative estimate of drug-likeness (QED) is 0.132. The number of nitrogens with one attached hydrogen (secondary N) is 1. The van der Waals surface area contributed by atoms with Gasteiger partial charge in [0.05, 0.1) is 42.2 Å². The Balaban J connectivity index is 2.19. The molecule has 0 aromatic heterocycles. The monoisotopic (exact) mass is 917 g/mol. The van der Waals surface area contributed by atoms with Crippen LogP contribution < -0.4 is 5.32 Å². The molecule has 0 saturated carbocycles. The summed E-state index contributed by atoms with van der Waals surface area (Å²) in [5, 5.41) is 14.7. The SMILES string of the molecule is CC[C@@H](OC(C)=O)[C@@](C)(O)[C@H](OC(C)=O)[C@@H](C)NC(=O)[C@H](C)[C@@H](O[C@H]1C[C@@](C)(OC)[C@@H](OC(C)=O)[C@H](C)O1)[C@H](C)[C@@H](O[C@@H]1O[C@H](C)C[C@H](N(C)C)[C@H]1OC(C)=O)[C@]1(C)C[C@@H](C)C(=O)O1. The summed E-state index contributed by atoms with van der Waals surface area (Å²) in [5.74, 6) is -6.03. The third kappa shape index (κ3) is 13.3. The normalized spacial score (nSPS) is 33.8. The first-order chi connectivity index (χ1) is 29.5. The summed E-state index contributed by atoms with van der Waals surface area (Å²) in [6, 6.07) is -1.39. The number of cyclic esters (lactones) is 1. The van der Waals surface area contributed by atoms with Crippen LogP contribution in [0.15, 0.2) is 0 Å². The molecule has 0 radical (unpaired) electrons. The summed E-state index contributed by atoms with van der Waals surface area (Å²) < 4.78 is 61.2. The fourth-order valence-electron chi connectivity index (χ4n) is 9.68. The van der Waals surface area contributed by atoms with Gasteiger partial charge in [-0.25, -0.2) is 0 Å². The molecule has 0 bridgehead atoms. The number of rotatable bonds is 20. The maximum Gasteiger partial charge on any atom is 0.309 e. The van der Waals surface area contributed by atoms with Crippen molar-refractivity contribution in [2.45, 2.75) is 213 Å². The van der Waals surface area contributed by atoms with Crippen molar-refractivity contribution in [3.05, 3.63) is 0 Å². The van der Waals surface area contributed by atoms with E-state index in [1.54, 1.807) is 55.4 Å². The molecule has 3 fully saturated rings. The highest BCUT2D eigenvalue weighted by atomic mass is 16.7. The fraction of sp³-hybridized carbons (Fsp3) is 0.867. The van der Waals surface area contributed by atoms with Gasteiger partial charge in [-0.1, -0.05) is 27.7 Å². The Morgan fingerprint density at radius 1 is 0.906 bits per heavy atom. The summed E-state index contributed by atoms with van der Waals surface area (Å²) in [5.41, 5.74) is -4.39. The van der Waals surface area contributed by atoms with Gasteiger partial charge in [0, 0.05) is 53.6 Å². The van der Waals surface area contributed by atoms with E-state index in [1.165, 1.54) is 34.8 Å². The van der Waals surface area contributed by atoms with Crippen LogP contribution in [0.5, 0.6) is 0 Å². The average Bonchev–Trinajstić information content (AvgIpc) is 3.45. The second-order valence-electron chi connectivity index (χ2n) is 18.9. The number of esters is 5. The summed E-state index contributed by atoms with van der Waals surface area (Å²) in [6.07, 6.45) is -8.83. The van der Waals surface area contributed by atoms with E-state index >= 15 is 0 Å². The van der Waals surface area contributed by atoms with E-state index in [-0.39, 0.29) is 31.4 Å². The number of hydrogen-bond donors (Lipinski definition) is 2. The number of hydrogen-bond acceptors (Lipinski definition) is 18. The van der Waals surface area contributed by atoms with Crippen LogP contribution in [0.3, 0.4) is 0 Å². The number of carbonyl (C=O) groups is 6. The molecule has 19 heteroatoms. The second kappa shape index (κ2) is 22.4. The molecule has 368 valence electrons. The first kappa shape index (κ1) is 54.9. The molecule has 2 N–H and O–H groups in total. The van der Waals surface area contributed by atoms with Gasteiger partial charge < -0.3 is 62.7 Å². The summed E-state index contributed by atoms with van der Waals surface area (Å²) in [7, 11) is 5.20. The first-order valence-electron chi connectivity index (χ1n) is 22.3. The molecule has 3 rings (SSSR count). The van der Waals surface area contributed by atoms with Crippen molar-refractivity contribution in [1.82, 2.24) is 10.2 Å². The molecule has 3 heterocycles. The van der Waals surface area contributed by atoms with Crippen LogP contribution >= 0.6 is 0 Å². The number of ether oxygens (including phenoxy) is 10. The van der Waals surface area contributed by atoms with Gasteiger partial charge in [-0.15, -0.1) is 0 Å². The van der Waals surface area contributed by atoms with E-state index in [2.05, 4.69) is 5.32 Å². The molecule has 3 aliphatic heterocycles.